The standard InChI is InChI=1S/C19H18Cl2N4OS/c20-14-4-1-3-13(17(14)21)6-7-16(26)24-9-11-25(12-10-24)19-23-15-5-2-8-22-18(15)27-19/h1-5,8H,6-7,9-12H2. The summed E-state index contributed by atoms with van der Waals surface area (Å²) < 4.78 is 0. The zero-order valence-corrected chi connectivity index (χ0v) is 16.9. The molecule has 0 radical (unpaired) electrons. The van der Waals surface area contributed by atoms with Crippen molar-refractivity contribution < 1.29 is 4.79 Å². The van der Waals surface area contributed by atoms with Crippen molar-refractivity contribution in [2.24, 2.45) is 0 Å². The first-order valence-electron chi connectivity index (χ1n) is 8.79. The summed E-state index contributed by atoms with van der Waals surface area (Å²) in [5.74, 6) is 0.150. The van der Waals surface area contributed by atoms with Gasteiger partial charge in [0.25, 0.3) is 0 Å². The van der Waals surface area contributed by atoms with Gasteiger partial charge in [0.2, 0.25) is 5.91 Å². The van der Waals surface area contributed by atoms with Gasteiger partial charge in [-0.25, -0.2) is 9.97 Å². The first-order valence-corrected chi connectivity index (χ1v) is 10.4. The van der Waals surface area contributed by atoms with E-state index in [1.54, 1.807) is 23.6 Å². The van der Waals surface area contributed by atoms with Crippen LogP contribution in [0.3, 0.4) is 0 Å². The van der Waals surface area contributed by atoms with Crippen LogP contribution >= 0.6 is 34.5 Å². The lowest BCUT2D eigenvalue weighted by Crippen LogP contribution is -2.48. The first-order chi connectivity index (χ1) is 13.1. The molecule has 0 spiro atoms. The number of anilines is 1. The maximum atomic E-state index is 12.6. The van der Waals surface area contributed by atoms with Gasteiger partial charge in [0.05, 0.1) is 10.0 Å². The average molecular weight is 421 g/mol. The molecule has 8 heteroatoms. The molecule has 0 unspecified atom stereocenters. The maximum absolute atomic E-state index is 12.6. The van der Waals surface area contributed by atoms with E-state index in [-0.39, 0.29) is 5.91 Å². The second-order valence-corrected chi connectivity index (χ2v) is 8.15. The Balaban J connectivity index is 1.33. The molecule has 0 saturated carbocycles. The van der Waals surface area contributed by atoms with Gasteiger partial charge in [-0.1, -0.05) is 46.7 Å². The van der Waals surface area contributed by atoms with Gasteiger partial charge < -0.3 is 9.80 Å². The molecule has 1 amide bonds. The van der Waals surface area contributed by atoms with Gasteiger partial charge in [-0.15, -0.1) is 0 Å². The quantitative estimate of drug-likeness (QED) is 0.631. The van der Waals surface area contributed by atoms with Crippen LogP contribution in [0.25, 0.3) is 10.3 Å². The minimum absolute atomic E-state index is 0.150. The molecule has 1 aromatic carbocycles. The molecular weight excluding hydrogens is 403 g/mol. The summed E-state index contributed by atoms with van der Waals surface area (Å²) in [4.78, 5) is 26.7. The molecular formula is C19H18Cl2N4OS. The molecule has 1 aliphatic heterocycles. The largest absolute Gasteiger partial charge is 0.344 e. The number of thiazole rings is 1. The lowest BCUT2D eigenvalue weighted by atomic mass is 10.1. The monoisotopic (exact) mass is 420 g/mol. The van der Waals surface area contributed by atoms with Gasteiger partial charge in [-0.3, -0.25) is 4.79 Å². The smallest absolute Gasteiger partial charge is 0.223 e. The highest BCUT2D eigenvalue weighted by Gasteiger charge is 2.23. The van der Waals surface area contributed by atoms with E-state index in [2.05, 4.69) is 14.9 Å². The molecule has 1 saturated heterocycles. The number of pyridine rings is 1. The number of hydrogen-bond acceptors (Lipinski definition) is 5. The first kappa shape index (κ1) is 18.5. The van der Waals surface area contributed by atoms with Gasteiger partial charge in [0, 0.05) is 38.8 Å². The summed E-state index contributed by atoms with van der Waals surface area (Å²) in [6.45, 7) is 2.96. The van der Waals surface area contributed by atoms with Crippen LogP contribution in [0.1, 0.15) is 12.0 Å². The number of carbonyl (C=O) groups excluding carboxylic acids is 1. The van der Waals surface area contributed by atoms with Crippen LogP contribution in [0.2, 0.25) is 10.0 Å². The van der Waals surface area contributed by atoms with Crippen molar-refractivity contribution in [1.29, 1.82) is 0 Å². The number of halogens is 2. The molecule has 4 rings (SSSR count). The SMILES string of the molecule is O=C(CCc1cccc(Cl)c1Cl)N1CCN(c2nc3cccnc3s2)CC1. The van der Waals surface area contributed by atoms with Crippen LogP contribution in [0.4, 0.5) is 5.13 Å². The summed E-state index contributed by atoms with van der Waals surface area (Å²) in [7, 11) is 0. The number of nitrogens with zero attached hydrogens (tertiary/aromatic N) is 4. The molecule has 5 nitrogen and oxygen atoms in total. The minimum atomic E-state index is 0.150. The fourth-order valence-electron chi connectivity index (χ4n) is 3.18. The Morgan fingerprint density at radius 3 is 2.70 bits per heavy atom. The third-order valence-corrected chi connectivity index (χ3v) is 6.60. The maximum Gasteiger partial charge on any atom is 0.223 e. The number of fused-ring (bicyclic) bond motifs is 1. The number of aromatic nitrogens is 2. The van der Waals surface area contributed by atoms with Crippen molar-refractivity contribution in [2.45, 2.75) is 12.8 Å². The fraction of sp³-hybridized carbons (Fsp3) is 0.316. The molecule has 1 fully saturated rings. The topological polar surface area (TPSA) is 49.3 Å². The number of aryl methyl sites for hydroxylation is 1. The Kier molecular flexibility index (Phi) is 5.48. The Labute approximate surface area is 171 Å². The number of amides is 1. The molecule has 2 aromatic heterocycles. The second-order valence-electron chi connectivity index (χ2n) is 6.40. The average Bonchev–Trinajstić information content (AvgIpc) is 3.13. The van der Waals surface area contributed by atoms with Crippen LogP contribution in [0.5, 0.6) is 0 Å². The third-order valence-electron chi connectivity index (χ3n) is 4.70. The van der Waals surface area contributed by atoms with E-state index in [1.807, 2.05) is 29.2 Å². The second kappa shape index (κ2) is 8.00. The van der Waals surface area contributed by atoms with E-state index in [0.29, 0.717) is 36.0 Å². The fourth-order valence-corrected chi connectivity index (χ4v) is 4.56. The molecule has 0 bridgehead atoms. The van der Waals surface area contributed by atoms with E-state index in [0.717, 1.165) is 34.1 Å². The zero-order valence-electron chi connectivity index (χ0n) is 14.6. The molecule has 3 aromatic rings. The molecule has 0 atom stereocenters. The van der Waals surface area contributed by atoms with Gasteiger partial charge >= 0.3 is 0 Å². The predicted octanol–water partition coefficient (Wildman–Crippen LogP) is 4.28. The van der Waals surface area contributed by atoms with Crippen molar-refractivity contribution in [3.05, 3.63) is 52.1 Å². The van der Waals surface area contributed by atoms with Crippen LogP contribution in [-0.4, -0.2) is 47.0 Å². The zero-order chi connectivity index (χ0) is 18.8. The number of hydrogen-bond donors (Lipinski definition) is 0. The van der Waals surface area contributed by atoms with E-state index >= 15 is 0 Å². The molecule has 0 aliphatic carbocycles. The highest BCUT2D eigenvalue weighted by atomic mass is 35.5. The number of benzene rings is 1. The summed E-state index contributed by atoms with van der Waals surface area (Å²) in [6.07, 6.45) is 2.82. The van der Waals surface area contributed by atoms with Gasteiger partial charge in [0.15, 0.2) is 5.13 Å². The summed E-state index contributed by atoms with van der Waals surface area (Å²) in [5, 5.41) is 2.04. The Morgan fingerprint density at radius 1 is 1.11 bits per heavy atom. The van der Waals surface area contributed by atoms with Crippen molar-refractivity contribution in [3.63, 3.8) is 0 Å². The van der Waals surface area contributed by atoms with Gasteiger partial charge in [-0.2, -0.15) is 0 Å². The van der Waals surface area contributed by atoms with Crippen molar-refractivity contribution >= 4 is 55.9 Å². The van der Waals surface area contributed by atoms with Crippen LogP contribution in [0.15, 0.2) is 36.5 Å². The van der Waals surface area contributed by atoms with Crippen LogP contribution in [0, 0.1) is 0 Å². The number of rotatable bonds is 4. The number of piperazine rings is 1. The summed E-state index contributed by atoms with van der Waals surface area (Å²) in [6, 6.07) is 9.41. The van der Waals surface area contributed by atoms with Gasteiger partial charge in [-0.05, 0) is 30.2 Å². The minimum Gasteiger partial charge on any atom is -0.344 e. The lowest BCUT2D eigenvalue weighted by molar-refractivity contribution is -0.131. The molecule has 140 valence electrons. The van der Waals surface area contributed by atoms with E-state index < -0.39 is 0 Å². The summed E-state index contributed by atoms with van der Waals surface area (Å²) in [5.41, 5.74) is 1.84. The molecule has 1 aliphatic rings. The van der Waals surface area contributed by atoms with Crippen LogP contribution < -0.4 is 4.90 Å². The van der Waals surface area contributed by atoms with Crippen molar-refractivity contribution in [3.8, 4) is 0 Å². The van der Waals surface area contributed by atoms with E-state index in [1.165, 1.54) is 0 Å². The van der Waals surface area contributed by atoms with E-state index in [9.17, 15) is 4.79 Å². The van der Waals surface area contributed by atoms with Crippen molar-refractivity contribution in [1.82, 2.24) is 14.9 Å². The highest BCUT2D eigenvalue weighted by molar-refractivity contribution is 7.21. The number of carbonyl (C=O) groups is 1. The molecule has 27 heavy (non-hydrogen) atoms. The molecule has 3 heterocycles. The Hall–Kier alpha value is -1.89. The van der Waals surface area contributed by atoms with Crippen LogP contribution in [-0.2, 0) is 11.2 Å². The highest BCUT2D eigenvalue weighted by Crippen LogP contribution is 2.28. The lowest BCUT2D eigenvalue weighted by Gasteiger charge is -2.34. The van der Waals surface area contributed by atoms with Crippen molar-refractivity contribution in [2.75, 3.05) is 31.1 Å². The Morgan fingerprint density at radius 2 is 1.93 bits per heavy atom. The Bertz CT molecular complexity index is 936. The molecule has 0 N–H and O–H groups in total. The third kappa shape index (κ3) is 4.03. The normalized spacial score (nSPS) is 14.7. The summed E-state index contributed by atoms with van der Waals surface area (Å²) >= 11 is 13.8. The van der Waals surface area contributed by atoms with Gasteiger partial charge in [0.1, 0.15) is 10.3 Å². The van der Waals surface area contributed by atoms with E-state index in [4.69, 9.17) is 23.2 Å². The predicted molar refractivity (Wildman–Crippen MR) is 111 cm³/mol.